The number of amides is 1. The van der Waals surface area contributed by atoms with Gasteiger partial charge in [-0.1, -0.05) is 57.8 Å². The van der Waals surface area contributed by atoms with Gasteiger partial charge in [0.15, 0.2) is 0 Å². The topological polar surface area (TPSA) is 46.2 Å². The van der Waals surface area contributed by atoms with Crippen LogP contribution in [-0.2, 0) is 9.59 Å². The fourth-order valence-electron chi connectivity index (χ4n) is 2.81. The summed E-state index contributed by atoms with van der Waals surface area (Å²) in [5.74, 6) is -0.143. The summed E-state index contributed by atoms with van der Waals surface area (Å²) in [7, 11) is 0. The molecule has 1 aliphatic rings. The molecule has 1 saturated carbocycles. The first kappa shape index (κ1) is 16.2. The maximum atomic E-state index is 11.7. The molecule has 0 bridgehead atoms. The van der Waals surface area contributed by atoms with Crippen LogP contribution in [0, 0.1) is 0 Å². The molecule has 19 heavy (non-hydrogen) atoms. The van der Waals surface area contributed by atoms with Crippen molar-refractivity contribution < 1.29 is 9.59 Å². The van der Waals surface area contributed by atoms with Gasteiger partial charge in [0, 0.05) is 6.04 Å². The fourth-order valence-corrected chi connectivity index (χ4v) is 2.81. The van der Waals surface area contributed by atoms with Crippen molar-refractivity contribution in [1.29, 1.82) is 0 Å². The molecule has 0 aromatic heterocycles. The van der Waals surface area contributed by atoms with Crippen molar-refractivity contribution >= 4 is 11.7 Å². The van der Waals surface area contributed by atoms with Crippen LogP contribution in [0.1, 0.15) is 84.0 Å². The maximum Gasteiger partial charge on any atom is 0.227 e. The predicted octanol–water partition coefficient (Wildman–Crippen LogP) is 3.76. The predicted molar refractivity (Wildman–Crippen MR) is 78.0 cm³/mol. The molecule has 0 radical (unpaired) electrons. The lowest BCUT2D eigenvalue weighted by atomic mass is 9.98. The van der Waals surface area contributed by atoms with Crippen molar-refractivity contribution in [1.82, 2.24) is 5.32 Å². The Morgan fingerprint density at radius 1 is 0.842 bits per heavy atom. The number of carbonyl (C=O) groups is 2. The summed E-state index contributed by atoms with van der Waals surface area (Å²) < 4.78 is 0. The van der Waals surface area contributed by atoms with Crippen LogP contribution >= 0.6 is 0 Å². The third-order valence-corrected chi connectivity index (χ3v) is 3.88. The lowest BCUT2D eigenvalue weighted by Crippen LogP contribution is -2.35. The first-order chi connectivity index (χ1) is 9.18. The third-order valence-electron chi connectivity index (χ3n) is 3.88. The second-order valence-corrected chi connectivity index (χ2v) is 5.90. The first-order valence-electron chi connectivity index (χ1n) is 7.97. The molecule has 1 fully saturated rings. The summed E-state index contributed by atoms with van der Waals surface area (Å²) in [4.78, 5) is 22.6. The van der Waals surface area contributed by atoms with Crippen LogP contribution in [0.4, 0.5) is 0 Å². The molecule has 0 unspecified atom stereocenters. The highest BCUT2D eigenvalue weighted by molar-refractivity contribution is 5.96. The zero-order valence-corrected chi connectivity index (χ0v) is 12.4. The molecule has 110 valence electrons. The summed E-state index contributed by atoms with van der Waals surface area (Å²) in [5, 5.41) is 3.04. The molecule has 0 heterocycles. The number of rotatable bonds is 3. The Bertz CT molecular complexity index is 264. The van der Waals surface area contributed by atoms with Crippen LogP contribution in [-0.4, -0.2) is 17.7 Å². The minimum atomic E-state index is -0.0930. The van der Waals surface area contributed by atoms with Crippen molar-refractivity contribution in [3.05, 3.63) is 0 Å². The molecule has 1 aliphatic carbocycles. The largest absolute Gasteiger partial charge is 0.353 e. The molecular formula is C16H29NO2. The number of hydrogen-bond acceptors (Lipinski definition) is 2. The molecule has 0 atom stereocenters. The highest BCUT2D eigenvalue weighted by Crippen LogP contribution is 2.17. The van der Waals surface area contributed by atoms with Crippen LogP contribution in [0.3, 0.4) is 0 Å². The minimum Gasteiger partial charge on any atom is -0.353 e. The van der Waals surface area contributed by atoms with Gasteiger partial charge in [-0.2, -0.15) is 0 Å². The molecule has 0 aromatic rings. The zero-order valence-electron chi connectivity index (χ0n) is 12.4. The van der Waals surface area contributed by atoms with Crippen LogP contribution in [0.15, 0.2) is 0 Å². The molecule has 3 nitrogen and oxygen atoms in total. The molecule has 0 aromatic carbocycles. The van der Waals surface area contributed by atoms with Gasteiger partial charge in [-0.3, -0.25) is 9.59 Å². The van der Waals surface area contributed by atoms with Gasteiger partial charge in [0.25, 0.3) is 0 Å². The summed E-state index contributed by atoms with van der Waals surface area (Å²) in [5.41, 5.74) is 0. The van der Waals surface area contributed by atoms with Crippen molar-refractivity contribution in [2.24, 2.45) is 0 Å². The van der Waals surface area contributed by atoms with E-state index in [0.29, 0.717) is 0 Å². The molecule has 1 amide bonds. The van der Waals surface area contributed by atoms with Gasteiger partial charge in [0.05, 0.1) is 6.42 Å². The molecular weight excluding hydrogens is 238 g/mol. The maximum absolute atomic E-state index is 11.7. The zero-order chi connectivity index (χ0) is 13.9. The Kier molecular flexibility index (Phi) is 8.52. The molecule has 1 rings (SSSR count). The van der Waals surface area contributed by atoms with E-state index in [9.17, 15) is 9.59 Å². The van der Waals surface area contributed by atoms with E-state index < -0.39 is 0 Å². The van der Waals surface area contributed by atoms with Crippen LogP contribution < -0.4 is 5.32 Å². The minimum absolute atomic E-state index is 0.0382. The first-order valence-corrected chi connectivity index (χ1v) is 7.97. The van der Waals surface area contributed by atoms with E-state index in [1.54, 1.807) is 0 Å². The molecule has 0 aliphatic heterocycles. The second-order valence-electron chi connectivity index (χ2n) is 5.90. The molecule has 0 saturated heterocycles. The van der Waals surface area contributed by atoms with E-state index in [1.807, 2.05) is 0 Å². The quantitative estimate of drug-likeness (QED) is 0.791. The highest BCUT2D eigenvalue weighted by Gasteiger charge is 2.13. The third kappa shape index (κ3) is 8.79. The van der Waals surface area contributed by atoms with Crippen molar-refractivity contribution in [2.75, 3.05) is 0 Å². The fraction of sp³-hybridized carbons (Fsp3) is 0.875. The van der Waals surface area contributed by atoms with Crippen LogP contribution in [0.5, 0.6) is 0 Å². The van der Waals surface area contributed by atoms with E-state index in [4.69, 9.17) is 0 Å². The van der Waals surface area contributed by atoms with Gasteiger partial charge in [-0.05, 0) is 19.8 Å². The van der Waals surface area contributed by atoms with E-state index >= 15 is 0 Å². The van der Waals surface area contributed by atoms with Crippen molar-refractivity contribution in [2.45, 2.75) is 90.0 Å². The standard InChI is InChI=1S/C16H29NO2/c1-14(18)13-16(19)17-15-11-9-7-5-3-2-4-6-8-10-12-15/h15H,2-13H2,1H3,(H,17,19). The van der Waals surface area contributed by atoms with Crippen molar-refractivity contribution in [3.63, 3.8) is 0 Å². The van der Waals surface area contributed by atoms with Crippen molar-refractivity contribution in [3.8, 4) is 0 Å². The average molecular weight is 267 g/mol. The Morgan fingerprint density at radius 3 is 1.68 bits per heavy atom. The smallest absolute Gasteiger partial charge is 0.227 e. The normalized spacial score (nSPS) is 20.1. The summed E-state index contributed by atoms with van der Waals surface area (Å²) in [6.45, 7) is 1.47. The van der Waals surface area contributed by atoms with E-state index in [1.165, 1.54) is 64.7 Å². The van der Waals surface area contributed by atoms with Crippen LogP contribution in [0.25, 0.3) is 0 Å². The lowest BCUT2D eigenvalue weighted by molar-refractivity contribution is -0.127. The van der Waals surface area contributed by atoms with Crippen LogP contribution in [0.2, 0.25) is 0 Å². The Labute approximate surface area is 117 Å². The number of carbonyl (C=O) groups excluding carboxylic acids is 2. The SMILES string of the molecule is CC(=O)CC(=O)NC1CCCCCCCCCCC1. The van der Waals surface area contributed by atoms with Gasteiger partial charge < -0.3 is 5.32 Å². The van der Waals surface area contributed by atoms with Gasteiger partial charge in [-0.15, -0.1) is 0 Å². The van der Waals surface area contributed by atoms with Gasteiger partial charge in [0.1, 0.15) is 5.78 Å². The Balaban J connectivity index is 2.33. The second kappa shape index (κ2) is 9.99. The lowest BCUT2D eigenvalue weighted by Gasteiger charge is -2.19. The number of nitrogens with one attached hydrogen (secondary N) is 1. The molecule has 3 heteroatoms. The van der Waals surface area contributed by atoms with E-state index in [-0.39, 0.29) is 24.2 Å². The summed E-state index contributed by atoms with van der Waals surface area (Å²) in [6, 6.07) is 0.284. The van der Waals surface area contributed by atoms with Gasteiger partial charge >= 0.3 is 0 Å². The monoisotopic (exact) mass is 267 g/mol. The van der Waals surface area contributed by atoms with Gasteiger partial charge in [-0.25, -0.2) is 0 Å². The Morgan fingerprint density at radius 2 is 1.26 bits per heavy atom. The number of ketones is 1. The van der Waals surface area contributed by atoms with E-state index in [0.717, 1.165) is 12.8 Å². The number of hydrogen-bond donors (Lipinski definition) is 1. The summed E-state index contributed by atoms with van der Waals surface area (Å²) >= 11 is 0. The highest BCUT2D eigenvalue weighted by atomic mass is 16.2. The Hall–Kier alpha value is -0.860. The van der Waals surface area contributed by atoms with E-state index in [2.05, 4.69) is 5.32 Å². The average Bonchev–Trinajstić information content (AvgIpc) is 2.31. The van der Waals surface area contributed by atoms with Gasteiger partial charge in [0.2, 0.25) is 5.91 Å². The number of Topliss-reactive ketones (excluding diaryl/α,β-unsaturated/α-hetero) is 1. The molecule has 0 spiro atoms. The molecule has 1 N–H and O–H groups in total. The summed E-state index contributed by atoms with van der Waals surface area (Å²) in [6.07, 6.45) is 13.9.